The Labute approximate surface area is 277 Å². The van der Waals surface area contributed by atoms with Crippen LogP contribution in [0.15, 0.2) is 168 Å². The largest absolute Gasteiger partial charge is 0.455 e. The molecule has 1 nitrogen and oxygen atoms in total. The van der Waals surface area contributed by atoms with Crippen LogP contribution >= 0.6 is 0 Å². The third-order valence-electron chi connectivity index (χ3n) is 9.20. The minimum absolute atomic E-state index is 0.446. The topological polar surface area (TPSA) is 13.1 Å². The van der Waals surface area contributed by atoms with Crippen molar-refractivity contribution in [2.45, 2.75) is 32.6 Å². The van der Waals surface area contributed by atoms with Gasteiger partial charge in [0.1, 0.15) is 11.2 Å². The molecule has 47 heavy (non-hydrogen) atoms. The van der Waals surface area contributed by atoms with Crippen LogP contribution in [0, 0.1) is 6.92 Å². The molecule has 7 aromatic rings. The molecule has 0 radical (unpaired) electrons. The van der Waals surface area contributed by atoms with Gasteiger partial charge in [-0.15, -0.1) is 5.73 Å². The van der Waals surface area contributed by atoms with Gasteiger partial charge in [-0.2, -0.15) is 0 Å². The number of hydrogen-bond acceptors (Lipinski definition) is 1. The van der Waals surface area contributed by atoms with Crippen molar-refractivity contribution in [3.8, 4) is 22.3 Å². The highest BCUT2D eigenvalue weighted by molar-refractivity contribution is 6.13. The van der Waals surface area contributed by atoms with Gasteiger partial charge in [-0.25, -0.2) is 0 Å². The van der Waals surface area contributed by atoms with Crippen LogP contribution in [-0.4, -0.2) is 0 Å². The maximum absolute atomic E-state index is 6.75. The van der Waals surface area contributed by atoms with Gasteiger partial charge in [-0.05, 0) is 82.8 Å². The minimum atomic E-state index is 0.446. The highest BCUT2D eigenvalue weighted by Gasteiger charge is 2.17. The first kappa shape index (κ1) is 30.1. The number of para-hydroxylation sites is 1. The Hall–Kier alpha value is -5.62. The Morgan fingerprint density at radius 3 is 2.00 bits per heavy atom. The van der Waals surface area contributed by atoms with Crippen LogP contribution in [0.5, 0.6) is 0 Å². The van der Waals surface area contributed by atoms with E-state index in [-0.39, 0.29) is 0 Å². The van der Waals surface area contributed by atoms with Crippen molar-refractivity contribution in [3.05, 3.63) is 186 Å². The van der Waals surface area contributed by atoms with Crippen molar-refractivity contribution in [2.75, 3.05) is 0 Å². The van der Waals surface area contributed by atoms with Gasteiger partial charge in [0.15, 0.2) is 0 Å². The summed E-state index contributed by atoms with van der Waals surface area (Å²) in [7, 11) is 0. The molecule has 1 heterocycles. The Bertz CT molecular complexity index is 2230. The van der Waals surface area contributed by atoms with Crippen molar-refractivity contribution in [1.29, 1.82) is 0 Å². The first-order valence-corrected chi connectivity index (χ1v) is 16.4. The molecule has 0 saturated heterocycles. The van der Waals surface area contributed by atoms with Crippen LogP contribution in [0.3, 0.4) is 0 Å². The van der Waals surface area contributed by atoms with Gasteiger partial charge in [-0.3, -0.25) is 0 Å². The maximum atomic E-state index is 6.75. The van der Waals surface area contributed by atoms with Gasteiger partial charge in [-0.1, -0.05) is 147 Å². The molecule has 7 rings (SSSR count). The summed E-state index contributed by atoms with van der Waals surface area (Å²) in [6, 6.07) is 51.6. The smallest absolute Gasteiger partial charge is 0.143 e. The van der Waals surface area contributed by atoms with E-state index in [0.29, 0.717) is 5.92 Å². The second-order valence-electron chi connectivity index (χ2n) is 12.4. The summed E-state index contributed by atoms with van der Waals surface area (Å²) in [5.41, 5.74) is 16.8. The lowest BCUT2D eigenvalue weighted by molar-refractivity contribution is 0.671. The SMILES string of the molecule is C=C=C(/C=C(\CCC(C)c1ccccc1)c1ccc(-c2cc(C)cc3c2oc2c(-c4ccccc4)cccc23)cc1)c1ccccc1. The molecule has 0 aliphatic carbocycles. The molecule has 0 aliphatic heterocycles. The van der Waals surface area contributed by atoms with Crippen molar-refractivity contribution >= 4 is 33.1 Å². The van der Waals surface area contributed by atoms with Crippen molar-refractivity contribution in [3.63, 3.8) is 0 Å². The highest BCUT2D eigenvalue weighted by Crippen LogP contribution is 2.41. The molecule has 6 aromatic carbocycles. The van der Waals surface area contributed by atoms with Crippen molar-refractivity contribution in [2.24, 2.45) is 0 Å². The Morgan fingerprint density at radius 2 is 1.30 bits per heavy atom. The fourth-order valence-electron chi connectivity index (χ4n) is 6.62. The minimum Gasteiger partial charge on any atom is -0.455 e. The fourth-order valence-corrected chi connectivity index (χ4v) is 6.62. The number of aryl methyl sites for hydroxylation is 1. The summed E-state index contributed by atoms with van der Waals surface area (Å²) in [5.74, 6) is 0.446. The third-order valence-corrected chi connectivity index (χ3v) is 9.20. The molecule has 0 bridgehead atoms. The Kier molecular flexibility index (Phi) is 8.56. The van der Waals surface area contributed by atoms with Gasteiger partial charge in [0.05, 0.1) is 0 Å². The number of benzene rings is 6. The third kappa shape index (κ3) is 6.27. The zero-order valence-corrected chi connectivity index (χ0v) is 27.0. The molecule has 1 atom stereocenters. The first-order chi connectivity index (χ1) is 23.1. The quantitative estimate of drug-likeness (QED) is 0.118. The zero-order valence-electron chi connectivity index (χ0n) is 27.0. The first-order valence-electron chi connectivity index (χ1n) is 16.4. The molecule has 0 fully saturated rings. The fraction of sp³-hybridized carbons (Fsp3) is 0.109. The average Bonchev–Trinajstić information content (AvgIpc) is 3.51. The van der Waals surface area contributed by atoms with Crippen molar-refractivity contribution < 1.29 is 4.42 Å². The van der Waals surface area contributed by atoms with Crippen LogP contribution in [0.4, 0.5) is 0 Å². The summed E-state index contributed by atoms with van der Waals surface area (Å²) < 4.78 is 6.75. The summed E-state index contributed by atoms with van der Waals surface area (Å²) in [6.45, 7) is 8.53. The van der Waals surface area contributed by atoms with Gasteiger partial charge >= 0.3 is 0 Å². The maximum Gasteiger partial charge on any atom is 0.143 e. The van der Waals surface area contributed by atoms with Crippen molar-refractivity contribution in [1.82, 2.24) is 0 Å². The van der Waals surface area contributed by atoms with Crippen LogP contribution in [-0.2, 0) is 0 Å². The molecule has 1 aromatic heterocycles. The summed E-state index contributed by atoms with van der Waals surface area (Å²) in [5, 5.41) is 2.29. The van der Waals surface area contributed by atoms with E-state index in [1.165, 1.54) is 22.3 Å². The number of furan rings is 1. The summed E-state index contributed by atoms with van der Waals surface area (Å²) in [6.07, 6.45) is 4.25. The average molecular weight is 607 g/mol. The molecular formula is C46H38O. The van der Waals surface area contributed by atoms with Gasteiger partial charge in [0.2, 0.25) is 0 Å². The van der Waals surface area contributed by atoms with E-state index in [0.717, 1.165) is 68.2 Å². The number of fused-ring (bicyclic) bond motifs is 3. The second-order valence-corrected chi connectivity index (χ2v) is 12.4. The zero-order chi connectivity index (χ0) is 32.2. The van der Waals surface area contributed by atoms with E-state index in [4.69, 9.17) is 4.42 Å². The summed E-state index contributed by atoms with van der Waals surface area (Å²) >= 11 is 0. The lowest BCUT2D eigenvalue weighted by Crippen LogP contribution is -1.96. The second kappa shape index (κ2) is 13.4. The lowest BCUT2D eigenvalue weighted by atomic mass is 9.89. The standard InChI is InChI=1S/C46H38O/c1-4-34(36-17-10-6-11-18-36)31-40(24-23-33(3)35-15-8-5-9-16-35)37-25-27-39(28-26-37)43-29-32(2)30-44-42-22-14-21-41(45(42)47-46(43)44)38-19-12-7-13-20-38/h5-22,25-31,33H,1,23-24H2,2-3H3/b40-31+. The van der Waals surface area contributed by atoms with Crippen LogP contribution < -0.4 is 0 Å². The predicted octanol–water partition coefficient (Wildman–Crippen LogP) is 13.1. The van der Waals surface area contributed by atoms with Crippen LogP contribution in [0.1, 0.15) is 47.9 Å². The monoisotopic (exact) mass is 606 g/mol. The van der Waals surface area contributed by atoms with Gasteiger partial charge in [0.25, 0.3) is 0 Å². The van der Waals surface area contributed by atoms with E-state index >= 15 is 0 Å². The Morgan fingerprint density at radius 1 is 0.660 bits per heavy atom. The number of rotatable bonds is 9. The molecule has 1 unspecified atom stereocenters. The molecular weight excluding hydrogens is 569 g/mol. The molecule has 0 saturated carbocycles. The number of hydrogen-bond donors (Lipinski definition) is 0. The molecule has 1 heteroatoms. The Balaban J connectivity index is 1.28. The van der Waals surface area contributed by atoms with Crippen LogP contribution in [0.25, 0.3) is 55.3 Å². The van der Waals surface area contributed by atoms with Gasteiger partial charge < -0.3 is 4.42 Å². The molecule has 0 aliphatic rings. The van der Waals surface area contributed by atoms with Crippen LogP contribution in [0.2, 0.25) is 0 Å². The molecule has 0 amide bonds. The van der Waals surface area contributed by atoms with E-state index < -0.39 is 0 Å². The highest BCUT2D eigenvalue weighted by atomic mass is 16.3. The van der Waals surface area contributed by atoms with E-state index in [1.807, 2.05) is 12.1 Å². The van der Waals surface area contributed by atoms with E-state index in [9.17, 15) is 0 Å². The number of allylic oxidation sites excluding steroid dienone is 3. The van der Waals surface area contributed by atoms with E-state index in [2.05, 4.69) is 166 Å². The lowest BCUT2D eigenvalue weighted by Gasteiger charge is -2.15. The van der Waals surface area contributed by atoms with Gasteiger partial charge in [0, 0.05) is 27.5 Å². The summed E-state index contributed by atoms with van der Waals surface area (Å²) in [4.78, 5) is 0. The normalized spacial score (nSPS) is 12.3. The molecule has 228 valence electrons. The van der Waals surface area contributed by atoms with E-state index in [1.54, 1.807) is 0 Å². The predicted molar refractivity (Wildman–Crippen MR) is 200 cm³/mol. The molecule has 0 N–H and O–H groups in total. The molecule has 0 spiro atoms.